The van der Waals surface area contributed by atoms with Gasteiger partial charge in [-0.3, -0.25) is 4.98 Å². The zero-order valence-electron chi connectivity index (χ0n) is 14.8. The van der Waals surface area contributed by atoms with Crippen LogP contribution in [-0.4, -0.2) is 24.7 Å². The van der Waals surface area contributed by atoms with Crippen LogP contribution in [0.5, 0.6) is 5.75 Å². The van der Waals surface area contributed by atoms with Crippen LogP contribution < -0.4 is 9.46 Å². The summed E-state index contributed by atoms with van der Waals surface area (Å²) in [5.41, 5.74) is 4.38. The molecule has 1 atom stereocenters. The van der Waals surface area contributed by atoms with Gasteiger partial charge < -0.3 is 4.74 Å². The summed E-state index contributed by atoms with van der Waals surface area (Å²) in [5, 5.41) is -0.418. The van der Waals surface area contributed by atoms with Gasteiger partial charge in [0.1, 0.15) is 12.4 Å². The van der Waals surface area contributed by atoms with Crippen molar-refractivity contribution in [3.8, 4) is 5.75 Å². The maximum Gasteiger partial charge on any atom is 0.214 e. The number of hydrogen-bond donors (Lipinski definition) is 1. The van der Waals surface area contributed by atoms with Crippen molar-refractivity contribution in [1.82, 2.24) is 9.71 Å². The minimum absolute atomic E-state index is 0.0690. The standard InChI is InChI=1S/C19H24N2O3S/c1-13(2)25(22,23)21-18-9-16-4-5-19(11-17(16)10-18)24-12-15-6-7-20-14(3)8-15/h4-8,11,13,18,21H,9-10,12H2,1-3H3/t18-/m0/s1. The first-order valence-electron chi connectivity index (χ1n) is 8.51. The molecule has 3 rings (SSSR count). The molecule has 25 heavy (non-hydrogen) atoms. The first kappa shape index (κ1) is 17.9. The number of fused-ring (bicyclic) bond motifs is 1. The molecule has 1 aliphatic carbocycles. The van der Waals surface area contributed by atoms with Gasteiger partial charge in [-0.15, -0.1) is 0 Å². The van der Waals surface area contributed by atoms with E-state index in [0.29, 0.717) is 13.0 Å². The zero-order chi connectivity index (χ0) is 18.0. The van der Waals surface area contributed by atoms with E-state index in [1.165, 1.54) is 5.56 Å². The van der Waals surface area contributed by atoms with Crippen LogP contribution in [0.4, 0.5) is 0 Å². The van der Waals surface area contributed by atoms with Gasteiger partial charge in [-0.05, 0) is 74.6 Å². The molecule has 1 N–H and O–H groups in total. The molecule has 6 heteroatoms. The van der Waals surface area contributed by atoms with Crippen molar-refractivity contribution in [1.29, 1.82) is 0 Å². The molecular weight excluding hydrogens is 336 g/mol. The molecule has 0 spiro atoms. The molecule has 0 amide bonds. The van der Waals surface area contributed by atoms with E-state index >= 15 is 0 Å². The molecule has 0 radical (unpaired) electrons. The highest BCUT2D eigenvalue weighted by atomic mass is 32.2. The lowest BCUT2D eigenvalue weighted by molar-refractivity contribution is 0.305. The first-order chi connectivity index (χ1) is 11.8. The molecular formula is C19H24N2O3S. The topological polar surface area (TPSA) is 68.3 Å². The number of benzene rings is 1. The van der Waals surface area contributed by atoms with E-state index in [0.717, 1.165) is 29.0 Å². The SMILES string of the molecule is Cc1cc(COc2ccc3c(c2)C[C@@H](NS(=O)(=O)C(C)C)C3)ccn1. The Bertz CT molecular complexity index is 863. The van der Waals surface area contributed by atoms with Crippen LogP contribution in [0.3, 0.4) is 0 Å². The van der Waals surface area contributed by atoms with Crippen LogP contribution >= 0.6 is 0 Å². The summed E-state index contributed by atoms with van der Waals surface area (Å²) in [7, 11) is -3.25. The summed E-state index contributed by atoms with van der Waals surface area (Å²) in [6, 6.07) is 9.88. The smallest absolute Gasteiger partial charge is 0.214 e. The summed E-state index contributed by atoms with van der Waals surface area (Å²) in [4.78, 5) is 4.18. The van der Waals surface area contributed by atoms with E-state index in [1.54, 1.807) is 20.0 Å². The Kier molecular flexibility index (Phi) is 5.11. The van der Waals surface area contributed by atoms with Crippen molar-refractivity contribution in [3.05, 3.63) is 58.9 Å². The van der Waals surface area contributed by atoms with E-state index in [2.05, 4.69) is 9.71 Å². The van der Waals surface area contributed by atoms with Crippen molar-refractivity contribution in [2.24, 2.45) is 0 Å². The Morgan fingerprint density at radius 1 is 1.20 bits per heavy atom. The minimum Gasteiger partial charge on any atom is -0.489 e. The lowest BCUT2D eigenvalue weighted by Gasteiger charge is -2.14. The molecule has 134 valence electrons. The Labute approximate surface area is 149 Å². The van der Waals surface area contributed by atoms with E-state index in [9.17, 15) is 8.42 Å². The van der Waals surface area contributed by atoms with Crippen molar-refractivity contribution in [2.75, 3.05) is 0 Å². The van der Waals surface area contributed by atoms with E-state index in [4.69, 9.17) is 4.74 Å². The number of aromatic nitrogens is 1. The molecule has 1 aromatic carbocycles. The second-order valence-corrected chi connectivity index (χ2v) is 9.11. The Morgan fingerprint density at radius 2 is 1.96 bits per heavy atom. The van der Waals surface area contributed by atoms with Crippen LogP contribution in [0.15, 0.2) is 36.5 Å². The minimum atomic E-state index is -3.25. The van der Waals surface area contributed by atoms with Crippen LogP contribution in [0.2, 0.25) is 0 Å². The quantitative estimate of drug-likeness (QED) is 0.860. The Balaban J connectivity index is 1.64. The highest BCUT2D eigenvalue weighted by Crippen LogP contribution is 2.27. The van der Waals surface area contributed by atoms with Crippen LogP contribution in [0.25, 0.3) is 0 Å². The third-order valence-corrected chi connectivity index (χ3v) is 6.33. The highest BCUT2D eigenvalue weighted by Gasteiger charge is 2.27. The van der Waals surface area contributed by atoms with Gasteiger partial charge in [-0.25, -0.2) is 13.1 Å². The number of aryl methyl sites for hydroxylation is 1. The molecule has 0 aliphatic heterocycles. The fourth-order valence-corrected chi connectivity index (χ4v) is 3.90. The third-order valence-electron chi connectivity index (χ3n) is 4.43. The van der Waals surface area contributed by atoms with Gasteiger partial charge in [0.25, 0.3) is 0 Å². The van der Waals surface area contributed by atoms with E-state index in [1.807, 2.05) is 37.3 Å². The van der Waals surface area contributed by atoms with Crippen LogP contribution in [0.1, 0.15) is 36.2 Å². The fraction of sp³-hybridized carbons (Fsp3) is 0.421. The predicted octanol–water partition coefficient (Wildman–Crippen LogP) is 2.76. The average molecular weight is 360 g/mol. The van der Waals surface area contributed by atoms with Gasteiger partial charge in [0.2, 0.25) is 10.0 Å². The molecule has 5 nitrogen and oxygen atoms in total. The molecule has 0 unspecified atom stereocenters. The molecule has 0 fully saturated rings. The number of hydrogen-bond acceptors (Lipinski definition) is 4. The Morgan fingerprint density at radius 3 is 2.68 bits per heavy atom. The van der Waals surface area contributed by atoms with Crippen molar-refractivity contribution in [2.45, 2.75) is 51.5 Å². The maximum absolute atomic E-state index is 12.1. The fourth-order valence-electron chi connectivity index (χ4n) is 3.00. The molecule has 0 bridgehead atoms. The molecule has 0 saturated heterocycles. The predicted molar refractivity (Wildman–Crippen MR) is 98.1 cm³/mol. The summed E-state index contributed by atoms with van der Waals surface area (Å²) < 4.78 is 32.8. The molecule has 1 aromatic heterocycles. The number of nitrogens with one attached hydrogen (secondary N) is 1. The largest absolute Gasteiger partial charge is 0.489 e. The number of rotatable bonds is 6. The van der Waals surface area contributed by atoms with Gasteiger partial charge in [0.15, 0.2) is 0 Å². The lowest BCUT2D eigenvalue weighted by Crippen LogP contribution is -2.39. The Hall–Kier alpha value is -1.92. The summed E-state index contributed by atoms with van der Waals surface area (Å²) in [5.74, 6) is 0.806. The van der Waals surface area contributed by atoms with Crippen molar-refractivity contribution < 1.29 is 13.2 Å². The number of sulfonamides is 1. The maximum atomic E-state index is 12.1. The van der Waals surface area contributed by atoms with Gasteiger partial charge in [-0.2, -0.15) is 0 Å². The normalized spacial score (nSPS) is 16.9. The monoisotopic (exact) mass is 360 g/mol. The zero-order valence-corrected chi connectivity index (χ0v) is 15.6. The van der Waals surface area contributed by atoms with Gasteiger partial charge in [0.05, 0.1) is 5.25 Å². The summed E-state index contributed by atoms with van der Waals surface area (Å²) >= 11 is 0. The molecule has 1 aliphatic rings. The number of ether oxygens (including phenoxy) is 1. The summed E-state index contributed by atoms with van der Waals surface area (Å²) in [6.45, 7) is 5.83. The number of nitrogens with zero attached hydrogens (tertiary/aromatic N) is 1. The van der Waals surface area contributed by atoms with E-state index < -0.39 is 15.3 Å². The molecule has 2 aromatic rings. The molecule has 0 saturated carbocycles. The van der Waals surface area contributed by atoms with Gasteiger partial charge in [0, 0.05) is 17.9 Å². The van der Waals surface area contributed by atoms with Crippen LogP contribution in [0, 0.1) is 6.92 Å². The van der Waals surface area contributed by atoms with Gasteiger partial charge in [-0.1, -0.05) is 6.07 Å². The third kappa shape index (κ3) is 4.38. The number of pyridine rings is 1. The van der Waals surface area contributed by atoms with Gasteiger partial charge >= 0.3 is 0 Å². The lowest BCUT2D eigenvalue weighted by atomic mass is 10.1. The first-order valence-corrected chi connectivity index (χ1v) is 10.1. The highest BCUT2D eigenvalue weighted by molar-refractivity contribution is 7.90. The van der Waals surface area contributed by atoms with E-state index in [-0.39, 0.29) is 6.04 Å². The van der Waals surface area contributed by atoms with Crippen molar-refractivity contribution >= 4 is 10.0 Å². The van der Waals surface area contributed by atoms with Crippen LogP contribution in [-0.2, 0) is 29.5 Å². The van der Waals surface area contributed by atoms with Crippen molar-refractivity contribution in [3.63, 3.8) is 0 Å². The molecule has 1 heterocycles. The average Bonchev–Trinajstić information content (AvgIpc) is 2.93. The second kappa shape index (κ2) is 7.14. The summed E-state index contributed by atoms with van der Waals surface area (Å²) in [6.07, 6.45) is 3.21. The second-order valence-electron chi connectivity index (χ2n) is 6.84.